The molecule has 0 saturated carbocycles. The fraction of sp³-hybridized carbons (Fsp3) is 0.538. The molecule has 1 rings (SSSR count). The molecule has 1 nitrogen and oxygen atoms in total. The van der Waals surface area contributed by atoms with Crippen molar-refractivity contribution in [3.63, 3.8) is 0 Å². The summed E-state index contributed by atoms with van der Waals surface area (Å²) in [6, 6.07) is 7.95. The largest absolute Gasteiger partial charge is 0.311 e. The lowest BCUT2D eigenvalue weighted by Crippen LogP contribution is -2.33. The average Bonchev–Trinajstić information content (AvgIpc) is 2.30. The molecule has 0 aliphatic rings. The van der Waals surface area contributed by atoms with E-state index in [0.29, 0.717) is 12.5 Å². The van der Waals surface area contributed by atoms with Crippen LogP contribution < -0.4 is 5.32 Å². The quantitative estimate of drug-likeness (QED) is 0.805. The van der Waals surface area contributed by atoms with E-state index in [2.05, 4.69) is 12.2 Å². The number of nitrogens with one attached hydrogen (secondary N) is 1. The van der Waals surface area contributed by atoms with Gasteiger partial charge in [0.1, 0.15) is 0 Å². The Balaban J connectivity index is 2.40. The zero-order valence-electron chi connectivity index (χ0n) is 10.2. The van der Waals surface area contributed by atoms with Gasteiger partial charge < -0.3 is 5.32 Å². The van der Waals surface area contributed by atoms with Gasteiger partial charge in [-0.05, 0) is 24.5 Å². The summed E-state index contributed by atoms with van der Waals surface area (Å²) in [5.74, 6) is -1.39. The van der Waals surface area contributed by atoms with Crippen molar-refractivity contribution in [1.29, 1.82) is 0 Å². The Morgan fingerprint density at radius 1 is 1.29 bits per heavy atom. The molecular formula is C13H19F2NS. The Kier molecular flexibility index (Phi) is 5.92. The minimum absolute atomic E-state index is 0.0741. The van der Waals surface area contributed by atoms with E-state index in [1.54, 1.807) is 30.0 Å². The Hall–Kier alpha value is -0.610. The Labute approximate surface area is 106 Å². The molecule has 1 atom stereocenters. The van der Waals surface area contributed by atoms with Crippen LogP contribution in [-0.4, -0.2) is 25.1 Å². The molecule has 96 valence electrons. The second-order valence-corrected chi connectivity index (χ2v) is 5.17. The number of alkyl halides is 2. The highest BCUT2D eigenvalue weighted by atomic mass is 32.2. The van der Waals surface area contributed by atoms with Crippen molar-refractivity contribution in [2.24, 2.45) is 5.92 Å². The Bertz CT molecular complexity index is 316. The predicted octanol–water partition coefficient (Wildman–Crippen LogP) is 3.37. The summed E-state index contributed by atoms with van der Waals surface area (Å²) in [4.78, 5) is 0. The molecule has 0 aromatic heterocycles. The maximum absolute atomic E-state index is 13.7. The molecule has 0 spiro atoms. The average molecular weight is 259 g/mol. The molecule has 1 unspecified atom stereocenters. The number of hydrogen-bond donors (Lipinski definition) is 1. The Morgan fingerprint density at radius 2 is 1.94 bits per heavy atom. The van der Waals surface area contributed by atoms with Crippen molar-refractivity contribution in [3.8, 4) is 0 Å². The number of thioether (sulfide) groups is 1. The lowest BCUT2D eigenvalue weighted by atomic mass is 10.1. The monoisotopic (exact) mass is 259 g/mol. The van der Waals surface area contributed by atoms with Crippen LogP contribution in [0.5, 0.6) is 0 Å². The first-order valence-electron chi connectivity index (χ1n) is 5.69. The summed E-state index contributed by atoms with van der Waals surface area (Å²) in [5.41, 5.74) is 0.0741. The third kappa shape index (κ3) is 5.04. The molecule has 0 amide bonds. The predicted molar refractivity (Wildman–Crippen MR) is 70.8 cm³/mol. The summed E-state index contributed by atoms with van der Waals surface area (Å²) < 4.78 is 27.4. The molecule has 0 saturated heterocycles. The molecule has 0 aliphatic heterocycles. The number of rotatable bonds is 7. The summed E-state index contributed by atoms with van der Waals surface area (Å²) in [7, 11) is 0. The number of halogens is 2. The third-order valence-electron chi connectivity index (χ3n) is 2.49. The highest BCUT2D eigenvalue weighted by molar-refractivity contribution is 7.98. The van der Waals surface area contributed by atoms with Gasteiger partial charge in [-0.3, -0.25) is 0 Å². The second-order valence-electron chi connectivity index (χ2n) is 4.26. The molecule has 0 radical (unpaired) electrons. The van der Waals surface area contributed by atoms with Gasteiger partial charge in [0, 0.05) is 5.56 Å². The second kappa shape index (κ2) is 6.97. The van der Waals surface area contributed by atoms with E-state index in [1.807, 2.05) is 6.26 Å². The summed E-state index contributed by atoms with van der Waals surface area (Å²) >= 11 is 1.74. The van der Waals surface area contributed by atoms with Crippen molar-refractivity contribution < 1.29 is 8.78 Å². The summed E-state index contributed by atoms with van der Waals surface area (Å²) in [6.07, 6.45) is 2.02. The maximum Gasteiger partial charge on any atom is 0.285 e. The molecular weight excluding hydrogens is 240 g/mol. The van der Waals surface area contributed by atoms with Crippen molar-refractivity contribution >= 4 is 11.8 Å². The smallest absolute Gasteiger partial charge is 0.285 e. The van der Waals surface area contributed by atoms with Gasteiger partial charge >= 0.3 is 0 Å². The number of hydrogen-bond acceptors (Lipinski definition) is 2. The van der Waals surface area contributed by atoms with Crippen LogP contribution in [-0.2, 0) is 5.92 Å². The molecule has 1 N–H and O–H groups in total. The minimum Gasteiger partial charge on any atom is -0.311 e. The van der Waals surface area contributed by atoms with Crippen molar-refractivity contribution in [2.45, 2.75) is 12.8 Å². The molecule has 17 heavy (non-hydrogen) atoms. The molecule has 0 aliphatic carbocycles. The first-order valence-corrected chi connectivity index (χ1v) is 7.08. The van der Waals surface area contributed by atoms with Gasteiger partial charge in [-0.1, -0.05) is 37.3 Å². The molecule has 1 aromatic rings. The Morgan fingerprint density at radius 3 is 2.53 bits per heavy atom. The van der Waals surface area contributed by atoms with Gasteiger partial charge in [0.2, 0.25) is 0 Å². The highest BCUT2D eigenvalue weighted by Crippen LogP contribution is 2.26. The molecule has 0 heterocycles. The normalized spacial score (nSPS) is 13.6. The summed E-state index contributed by atoms with van der Waals surface area (Å²) in [6.45, 7) is 2.39. The van der Waals surface area contributed by atoms with Gasteiger partial charge in [-0.2, -0.15) is 20.5 Å². The molecule has 0 fully saturated rings. The first kappa shape index (κ1) is 14.5. The van der Waals surface area contributed by atoms with E-state index in [9.17, 15) is 8.78 Å². The lowest BCUT2D eigenvalue weighted by Gasteiger charge is -2.19. The van der Waals surface area contributed by atoms with Gasteiger partial charge in [-0.15, -0.1) is 0 Å². The van der Waals surface area contributed by atoms with E-state index in [0.717, 1.165) is 5.75 Å². The fourth-order valence-electron chi connectivity index (χ4n) is 1.60. The van der Waals surface area contributed by atoms with Crippen molar-refractivity contribution in [1.82, 2.24) is 5.32 Å². The van der Waals surface area contributed by atoms with E-state index in [-0.39, 0.29) is 12.1 Å². The van der Waals surface area contributed by atoms with Crippen LogP contribution in [0.3, 0.4) is 0 Å². The first-order chi connectivity index (χ1) is 8.06. The third-order valence-corrected chi connectivity index (χ3v) is 3.39. The minimum atomic E-state index is -2.79. The SMILES string of the molecule is CSCC(C)CNCC(F)(F)c1ccccc1. The van der Waals surface area contributed by atoms with Gasteiger partial charge in [-0.25, -0.2) is 0 Å². The van der Waals surface area contributed by atoms with Crippen LogP contribution in [0, 0.1) is 5.92 Å². The zero-order valence-corrected chi connectivity index (χ0v) is 11.1. The van der Waals surface area contributed by atoms with Crippen molar-refractivity contribution in [3.05, 3.63) is 35.9 Å². The van der Waals surface area contributed by atoms with Crippen molar-refractivity contribution in [2.75, 3.05) is 25.1 Å². The van der Waals surface area contributed by atoms with Gasteiger partial charge in [0.25, 0.3) is 5.92 Å². The standard InChI is InChI=1S/C13H19F2NS/c1-11(9-17-2)8-16-10-13(14,15)12-6-4-3-5-7-12/h3-7,11,16H,8-10H2,1-2H3. The maximum atomic E-state index is 13.7. The van der Waals surface area contributed by atoms with E-state index in [1.165, 1.54) is 12.1 Å². The van der Waals surface area contributed by atoms with Gasteiger partial charge in [0.15, 0.2) is 0 Å². The highest BCUT2D eigenvalue weighted by Gasteiger charge is 2.30. The topological polar surface area (TPSA) is 12.0 Å². The van der Waals surface area contributed by atoms with Crippen LogP contribution >= 0.6 is 11.8 Å². The van der Waals surface area contributed by atoms with Crippen LogP contribution in [0.15, 0.2) is 30.3 Å². The molecule has 0 bridgehead atoms. The number of benzene rings is 1. The van der Waals surface area contributed by atoms with E-state index >= 15 is 0 Å². The molecule has 1 aromatic carbocycles. The van der Waals surface area contributed by atoms with Crippen LogP contribution in [0.4, 0.5) is 8.78 Å². The van der Waals surface area contributed by atoms with E-state index < -0.39 is 5.92 Å². The lowest BCUT2D eigenvalue weighted by molar-refractivity contribution is -0.00350. The fourth-order valence-corrected chi connectivity index (χ4v) is 2.29. The molecule has 4 heteroatoms. The zero-order chi connectivity index (χ0) is 12.7. The van der Waals surface area contributed by atoms with Crippen LogP contribution in [0.25, 0.3) is 0 Å². The van der Waals surface area contributed by atoms with E-state index in [4.69, 9.17) is 0 Å². The summed E-state index contributed by atoms with van der Waals surface area (Å²) in [5, 5.41) is 2.85. The van der Waals surface area contributed by atoms with Crippen LogP contribution in [0.1, 0.15) is 12.5 Å². The van der Waals surface area contributed by atoms with Crippen LogP contribution in [0.2, 0.25) is 0 Å². The van der Waals surface area contributed by atoms with Gasteiger partial charge in [0.05, 0.1) is 6.54 Å².